The normalized spacial score (nSPS) is 9.18. The van der Waals surface area contributed by atoms with E-state index in [1.807, 2.05) is 75.4 Å². The van der Waals surface area contributed by atoms with Gasteiger partial charge in [0.1, 0.15) is 12.6 Å². The molecule has 0 fully saturated rings. The van der Waals surface area contributed by atoms with Crippen LogP contribution in [-0.2, 0) is 22.6 Å². The SMILES string of the molecule is CC.CC=O.CCC(C)CC.CCCO.O=CCc1cccc(-c2ccc(=O)n(Cc3ccccc3)n2)c1. The number of aliphatic hydroxyl groups is 1. The molecule has 6 nitrogen and oxygen atoms in total. The number of nitrogens with zero attached hydrogens (tertiary/aromatic N) is 2. The molecule has 0 bridgehead atoms. The molecule has 0 saturated carbocycles. The fraction of sp³-hybridized carbons (Fsp3) is 0.438. The largest absolute Gasteiger partial charge is 0.396 e. The lowest BCUT2D eigenvalue weighted by Gasteiger charge is -2.08. The Balaban J connectivity index is 0. The Hall–Kier alpha value is -3.38. The number of aldehydes is 2. The van der Waals surface area contributed by atoms with Crippen LogP contribution in [0, 0.1) is 5.92 Å². The molecule has 0 saturated heterocycles. The molecule has 3 rings (SSSR count). The van der Waals surface area contributed by atoms with Crippen LogP contribution in [0.5, 0.6) is 0 Å². The van der Waals surface area contributed by atoms with Gasteiger partial charge in [-0.2, -0.15) is 5.10 Å². The fourth-order valence-corrected chi connectivity index (χ4v) is 2.72. The number of hydrogen-bond acceptors (Lipinski definition) is 5. The van der Waals surface area contributed by atoms with Crippen molar-refractivity contribution in [3.05, 3.63) is 88.2 Å². The number of rotatable bonds is 8. The van der Waals surface area contributed by atoms with Crippen LogP contribution in [0.2, 0.25) is 0 Å². The monoisotopic (exact) mass is 524 g/mol. The molecule has 0 aliphatic carbocycles. The Morgan fingerprint density at radius 2 is 1.45 bits per heavy atom. The Bertz CT molecular complexity index is 1030. The van der Waals surface area contributed by atoms with Crippen molar-refractivity contribution in [1.82, 2.24) is 9.78 Å². The van der Waals surface area contributed by atoms with Crippen molar-refractivity contribution in [1.29, 1.82) is 0 Å². The molecular weight excluding hydrogens is 476 g/mol. The molecule has 1 heterocycles. The van der Waals surface area contributed by atoms with Crippen molar-refractivity contribution in [2.75, 3.05) is 6.61 Å². The van der Waals surface area contributed by atoms with E-state index in [0.29, 0.717) is 25.3 Å². The molecule has 0 spiro atoms. The molecule has 0 radical (unpaired) electrons. The maximum atomic E-state index is 12.0. The van der Waals surface area contributed by atoms with Gasteiger partial charge in [-0.3, -0.25) is 4.79 Å². The predicted molar refractivity (Wildman–Crippen MR) is 159 cm³/mol. The smallest absolute Gasteiger partial charge is 0.267 e. The van der Waals surface area contributed by atoms with Crippen LogP contribution >= 0.6 is 0 Å². The van der Waals surface area contributed by atoms with E-state index in [-0.39, 0.29) is 5.56 Å². The molecule has 1 N–H and O–H groups in total. The van der Waals surface area contributed by atoms with Gasteiger partial charge >= 0.3 is 0 Å². The highest BCUT2D eigenvalue weighted by atomic mass is 16.2. The van der Waals surface area contributed by atoms with Crippen molar-refractivity contribution in [3.8, 4) is 11.3 Å². The maximum absolute atomic E-state index is 12.0. The summed E-state index contributed by atoms with van der Waals surface area (Å²) in [5, 5.41) is 12.3. The van der Waals surface area contributed by atoms with Gasteiger partial charge in [-0.05, 0) is 42.5 Å². The summed E-state index contributed by atoms with van der Waals surface area (Å²) in [5.74, 6) is 0.935. The molecule has 0 atom stereocenters. The first kappa shape index (κ1) is 36.8. The van der Waals surface area contributed by atoms with Gasteiger partial charge in [0.05, 0.1) is 12.2 Å². The average molecular weight is 525 g/mol. The van der Waals surface area contributed by atoms with Crippen molar-refractivity contribution >= 4 is 12.6 Å². The quantitative estimate of drug-likeness (QED) is 0.329. The minimum absolute atomic E-state index is 0.137. The first-order chi connectivity index (χ1) is 18.4. The minimum Gasteiger partial charge on any atom is -0.396 e. The molecule has 0 aliphatic heterocycles. The van der Waals surface area contributed by atoms with Gasteiger partial charge in [-0.25, -0.2) is 4.68 Å². The van der Waals surface area contributed by atoms with E-state index in [1.54, 1.807) is 6.07 Å². The number of hydrogen-bond donors (Lipinski definition) is 1. The van der Waals surface area contributed by atoms with E-state index in [1.165, 1.54) is 30.5 Å². The second kappa shape index (κ2) is 25.3. The molecule has 0 unspecified atom stereocenters. The summed E-state index contributed by atoms with van der Waals surface area (Å²) in [6, 6.07) is 20.6. The Labute approximate surface area is 229 Å². The second-order valence-electron chi connectivity index (χ2n) is 8.15. The van der Waals surface area contributed by atoms with Crippen molar-refractivity contribution in [2.45, 2.75) is 80.7 Å². The third-order valence-corrected chi connectivity index (χ3v) is 5.20. The van der Waals surface area contributed by atoms with Gasteiger partial charge in [0.2, 0.25) is 0 Å². The molecular formula is C32H48N2O4. The van der Waals surface area contributed by atoms with Crippen LogP contribution in [0.25, 0.3) is 11.3 Å². The highest BCUT2D eigenvalue weighted by Gasteiger charge is 2.05. The van der Waals surface area contributed by atoms with Crippen LogP contribution in [0.3, 0.4) is 0 Å². The lowest BCUT2D eigenvalue weighted by atomic mass is 10.1. The van der Waals surface area contributed by atoms with E-state index in [4.69, 9.17) is 9.90 Å². The molecule has 2 aromatic carbocycles. The number of aromatic nitrogens is 2. The number of benzene rings is 2. The van der Waals surface area contributed by atoms with Gasteiger partial charge in [-0.15, -0.1) is 0 Å². The van der Waals surface area contributed by atoms with Crippen LogP contribution in [0.4, 0.5) is 0 Å². The van der Waals surface area contributed by atoms with Crippen molar-refractivity contribution < 1.29 is 14.7 Å². The number of carbonyl (C=O) groups excluding carboxylic acids is 2. The van der Waals surface area contributed by atoms with Gasteiger partial charge in [0.15, 0.2) is 0 Å². The van der Waals surface area contributed by atoms with Gasteiger partial charge in [0, 0.05) is 24.7 Å². The zero-order valence-corrected chi connectivity index (χ0v) is 24.4. The Morgan fingerprint density at radius 1 is 0.895 bits per heavy atom. The number of carbonyl (C=O) groups is 2. The van der Waals surface area contributed by atoms with Crippen LogP contribution < -0.4 is 5.56 Å². The van der Waals surface area contributed by atoms with Crippen molar-refractivity contribution in [3.63, 3.8) is 0 Å². The molecule has 0 aliphatic rings. The van der Waals surface area contributed by atoms with E-state index < -0.39 is 0 Å². The third-order valence-electron chi connectivity index (χ3n) is 5.20. The maximum Gasteiger partial charge on any atom is 0.267 e. The summed E-state index contributed by atoms with van der Waals surface area (Å²) in [7, 11) is 0. The lowest BCUT2D eigenvalue weighted by molar-refractivity contribution is -0.107. The summed E-state index contributed by atoms with van der Waals surface area (Å²) in [6.07, 6.45) is 5.54. The van der Waals surface area contributed by atoms with Crippen LogP contribution in [0.15, 0.2) is 71.5 Å². The van der Waals surface area contributed by atoms with Gasteiger partial charge < -0.3 is 14.7 Å². The van der Waals surface area contributed by atoms with Crippen molar-refractivity contribution in [2.24, 2.45) is 5.92 Å². The van der Waals surface area contributed by atoms with Crippen LogP contribution in [-0.4, -0.2) is 34.1 Å². The predicted octanol–water partition coefficient (Wildman–Crippen LogP) is 6.76. The molecule has 38 heavy (non-hydrogen) atoms. The van der Waals surface area contributed by atoms with Gasteiger partial charge in [-0.1, -0.05) is 103 Å². The minimum atomic E-state index is -0.137. The molecule has 3 aromatic rings. The highest BCUT2D eigenvalue weighted by Crippen LogP contribution is 2.17. The summed E-state index contributed by atoms with van der Waals surface area (Å²) < 4.78 is 1.46. The van der Waals surface area contributed by atoms with E-state index in [9.17, 15) is 9.59 Å². The summed E-state index contributed by atoms with van der Waals surface area (Å²) in [6.45, 7) is 14.9. The fourth-order valence-electron chi connectivity index (χ4n) is 2.72. The molecule has 1 aromatic heterocycles. The second-order valence-corrected chi connectivity index (χ2v) is 8.15. The standard InChI is InChI=1S/C19H16N2O2.C6H14.C3H8O.C2H4O.C2H6/c22-12-11-15-7-4-8-17(13-15)18-9-10-19(23)21(20-18)14-16-5-2-1-3-6-16;1-4-6(3)5-2;1-2-3-4;1-2-3;1-2/h1-10,12-13H,11,14H2;6H,4-5H2,1-3H3;4H,2-3H2,1H3;2H,1H3;1-2H3. The summed E-state index contributed by atoms with van der Waals surface area (Å²) in [4.78, 5) is 31.5. The topological polar surface area (TPSA) is 89.3 Å². The summed E-state index contributed by atoms with van der Waals surface area (Å²) in [5.41, 5.74) is 3.43. The first-order valence-corrected chi connectivity index (χ1v) is 13.6. The highest BCUT2D eigenvalue weighted by molar-refractivity contribution is 5.62. The van der Waals surface area contributed by atoms with Crippen LogP contribution in [0.1, 0.15) is 78.9 Å². The van der Waals surface area contributed by atoms with E-state index >= 15 is 0 Å². The Morgan fingerprint density at radius 3 is 1.92 bits per heavy atom. The number of aliphatic hydroxyl groups excluding tert-OH is 1. The Kier molecular flexibility index (Phi) is 24.5. The van der Waals surface area contributed by atoms with E-state index in [2.05, 4.69) is 25.9 Å². The zero-order chi connectivity index (χ0) is 29.2. The molecule has 0 amide bonds. The zero-order valence-electron chi connectivity index (χ0n) is 24.4. The first-order valence-electron chi connectivity index (χ1n) is 13.6. The third kappa shape index (κ3) is 17.1. The van der Waals surface area contributed by atoms with Gasteiger partial charge in [0.25, 0.3) is 5.56 Å². The molecule has 6 heteroatoms. The lowest BCUT2D eigenvalue weighted by Crippen LogP contribution is -2.22. The average Bonchev–Trinajstić information content (AvgIpc) is 2.96. The van der Waals surface area contributed by atoms with E-state index in [0.717, 1.165) is 41.6 Å². The summed E-state index contributed by atoms with van der Waals surface area (Å²) >= 11 is 0. The molecule has 210 valence electrons.